The highest BCUT2D eigenvalue weighted by Gasteiger charge is 2.23. The Balaban J connectivity index is 1.93. The van der Waals surface area contributed by atoms with Gasteiger partial charge in [-0.1, -0.05) is 46.3 Å². The second-order valence-electron chi connectivity index (χ2n) is 4.91. The fourth-order valence-electron chi connectivity index (χ4n) is 2.50. The van der Waals surface area contributed by atoms with E-state index < -0.39 is 0 Å². The average molecular weight is 331 g/mol. The third kappa shape index (κ3) is 2.70. The Morgan fingerprint density at radius 2 is 2.05 bits per heavy atom. The van der Waals surface area contributed by atoms with Gasteiger partial charge in [0.05, 0.1) is 17.4 Å². The van der Waals surface area contributed by atoms with Crippen LogP contribution in [0.4, 0.5) is 11.4 Å². The maximum Gasteiger partial charge on any atom is 0.144 e. The van der Waals surface area contributed by atoms with Crippen molar-refractivity contribution in [3.63, 3.8) is 0 Å². The lowest BCUT2D eigenvalue weighted by atomic mass is 10.1. The van der Waals surface area contributed by atoms with Crippen molar-refractivity contribution in [1.82, 2.24) is 0 Å². The van der Waals surface area contributed by atoms with E-state index in [9.17, 15) is 4.79 Å². The molecule has 0 bridgehead atoms. The van der Waals surface area contributed by atoms with Crippen LogP contribution in [0.3, 0.4) is 0 Å². The zero-order chi connectivity index (χ0) is 13.9. The predicted molar refractivity (Wildman–Crippen MR) is 85.1 cm³/mol. The molecular weight excluding hydrogens is 316 g/mol. The molecule has 1 heterocycles. The summed E-state index contributed by atoms with van der Waals surface area (Å²) in [6.45, 7) is 1.48. The first-order chi connectivity index (χ1) is 9.76. The number of carbonyl (C=O) groups is 1. The Labute approximate surface area is 126 Å². The number of nitrogens with zero attached hydrogens (tertiary/aromatic N) is 1. The van der Waals surface area contributed by atoms with Gasteiger partial charge in [0.15, 0.2) is 0 Å². The van der Waals surface area contributed by atoms with Crippen LogP contribution in [0.2, 0.25) is 0 Å². The molecule has 20 heavy (non-hydrogen) atoms. The van der Waals surface area contributed by atoms with Crippen molar-refractivity contribution in [1.29, 1.82) is 0 Å². The highest BCUT2D eigenvalue weighted by molar-refractivity contribution is 9.10. The van der Waals surface area contributed by atoms with Crippen LogP contribution in [-0.4, -0.2) is 18.9 Å². The van der Waals surface area contributed by atoms with Gasteiger partial charge in [-0.05, 0) is 23.8 Å². The van der Waals surface area contributed by atoms with Gasteiger partial charge in [-0.25, -0.2) is 0 Å². The molecule has 3 rings (SSSR count). The SMILES string of the molecule is O=CC1CN(Cc2ccccc2)c2cc(Br)ccc2N1. The van der Waals surface area contributed by atoms with Crippen molar-refractivity contribution in [2.24, 2.45) is 0 Å². The molecular formula is C16H15BrN2O. The number of hydrogen-bond acceptors (Lipinski definition) is 3. The van der Waals surface area contributed by atoms with E-state index in [4.69, 9.17) is 0 Å². The predicted octanol–water partition coefficient (Wildman–Crippen LogP) is 3.45. The summed E-state index contributed by atoms with van der Waals surface area (Å²) in [6.07, 6.45) is 0.975. The van der Waals surface area contributed by atoms with Crippen LogP contribution in [0.5, 0.6) is 0 Å². The minimum atomic E-state index is -0.160. The van der Waals surface area contributed by atoms with Gasteiger partial charge < -0.3 is 15.0 Å². The lowest BCUT2D eigenvalue weighted by Crippen LogP contribution is -2.42. The van der Waals surface area contributed by atoms with E-state index in [0.717, 1.165) is 28.7 Å². The molecule has 1 N–H and O–H groups in total. The summed E-state index contributed by atoms with van der Waals surface area (Å²) in [6, 6.07) is 16.2. The van der Waals surface area contributed by atoms with Crippen LogP contribution in [-0.2, 0) is 11.3 Å². The van der Waals surface area contributed by atoms with Crippen LogP contribution in [0.15, 0.2) is 53.0 Å². The maximum atomic E-state index is 11.1. The molecule has 0 amide bonds. The van der Waals surface area contributed by atoms with Crippen LogP contribution in [0.1, 0.15) is 5.56 Å². The number of benzene rings is 2. The molecule has 1 atom stereocenters. The van der Waals surface area contributed by atoms with E-state index in [1.807, 2.05) is 30.3 Å². The normalized spacial score (nSPS) is 17.2. The molecule has 4 heteroatoms. The Bertz CT molecular complexity index is 615. The average Bonchev–Trinajstić information content (AvgIpc) is 2.48. The third-order valence-corrected chi connectivity index (χ3v) is 3.93. The van der Waals surface area contributed by atoms with Gasteiger partial charge in [0, 0.05) is 17.6 Å². The molecule has 3 nitrogen and oxygen atoms in total. The third-order valence-electron chi connectivity index (χ3n) is 3.44. The van der Waals surface area contributed by atoms with Crippen molar-refractivity contribution in [3.05, 3.63) is 58.6 Å². The number of fused-ring (bicyclic) bond motifs is 1. The molecule has 0 spiro atoms. The summed E-state index contributed by atoms with van der Waals surface area (Å²) < 4.78 is 1.04. The summed E-state index contributed by atoms with van der Waals surface area (Å²) in [7, 11) is 0. The first-order valence-electron chi connectivity index (χ1n) is 6.56. The van der Waals surface area contributed by atoms with Crippen LogP contribution in [0, 0.1) is 0 Å². The van der Waals surface area contributed by atoms with Gasteiger partial charge in [-0.2, -0.15) is 0 Å². The van der Waals surface area contributed by atoms with Crippen molar-refractivity contribution < 1.29 is 4.79 Å². The number of hydrogen-bond donors (Lipinski definition) is 1. The number of nitrogens with one attached hydrogen (secondary N) is 1. The Morgan fingerprint density at radius 3 is 2.80 bits per heavy atom. The van der Waals surface area contributed by atoms with Crippen molar-refractivity contribution in [2.75, 3.05) is 16.8 Å². The molecule has 0 saturated heterocycles. The molecule has 0 aliphatic carbocycles. The lowest BCUT2D eigenvalue weighted by molar-refractivity contribution is -0.108. The summed E-state index contributed by atoms with van der Waals surface area (Å²) in [5.41, 5.74) is 3.37. The molecule has 2 aromatic rings. The van der Waals surface area contributed by atoms with Gasteiger partial charge in [0.25, 0.3) is 0 Å². The second kappa shape index (κ2) is 5.67. The first kappa shape index (κ1) is 13.2. The Morgan fingerprint density at radius 1 is 1.25 bits per heavy atom. The smallest absolute Gasteiger partial charge is 0.144 e. The molecule has 102 valence electrons. The van der Waals surface area contributed by atoms with E-state index in [-0.39, 0.29) is 6.04 Å². The summed E-state index contributed by atoms with van der Waals surface area (Å²) in [5, 5.41) is 3.26. The van der Waals surface area contributed by atoms with E-state index in [0.29, 0.717) is 6.54 Å². The van der Waals surface area contributed by atoms with Gasteiger partial charge in [0.1, 0.15) is 6.29 Å². The monoisotopic (exact) mass is 330 g/mol. The van der Waals surface area contributed by atoms with Crippen LogP contribution < -0.4 is 10.2 Å². The Hall–Kier alpha value is -1.81. The van der Waals surface area contributed by atoms with Gasteiger partial charge in [-0.3, -0.25) is 0 Å². The standard InChI is InChI=1S/C16H15BrN2O/c17-13-6-7-15-16(8-13)19(10-14(11-20)18-15)9-12-4-2-1-3-5-12/h1-8,11,14,18H,9-10H2. The fraction of sp³-hybridized carbons (Fsp3) is 0.188. The minimum Gasteiger partial charge on any atom is -0.372 e. The molecule has 0 saturated carbocycles. The highest BCUT2D eigenvalue weighted by atomic mass is 79.9. The number of rotatable bonds is 3. The topological polar surface area (TPSA) is 32.3 Å². The van der Waals surface area contributed by atoms with E-state index in [1.54, 1.807) is 0 Å². The lowest BCUT2D eigenvalue weighted by Gasteiger charge is -2.35. The quantitative estimate of drug-likeness (QED) is 0.875. The fourth-order valence-corrected chi connectivity index (χ4v) is 2.85. The summed E-state index contributed by atoms with van der Waals surface area (Å²) in [4.78, 5) is 13.4. The van der Waals surface area contributed by atoms with Gasteiger partial charge >= 0.3 is 0 Å². The van der Waals surface area contributed by atoms with Crippen LogP contribution >= 0.6 is 15.9 Å². The Kier molecular flexibility index (Phi) is 3.74. The van der Waals surface area contributed by atoms with Crippen molar-refractivity contribution >= 4 is 33.6 Å². The van der Waals surface area contributed by atoms with Crippen LogP contribution in [0.25, 0.3) is 0 Å². The maximum absolute atomic E-state index is 11.1. The molecule has 1 aliphatic heterocycles. The zero-order valence-corrected chi connectivity index (χ0v) is 12.5. The van der Waals surface area contributed by atoms with Crippen molar-refractivity contribution in [3.8, 4) is 0 Å². The van der Waals surface area contributed by atoms with Crippen molar-refractivity contribution in [2.45, 2.75) is 12.6 Å². The minimum absolute atomic E-state index is 0.160. The summed E-state index contributed by atoms with van der Waals surface area (Å²) >= 11 is 3.51. The van der Waals surface area contributed by atoms with E-state index in [1.165, 1.54) is 5.56 Å². The molecule has 0 radical (unpaired) electrons. The molecule has 0 aromatic heterocycles. The first-order valence-corrected chi connectivity index (χ1v) is 7.36. The van der Waals surface area contributed by atoms with E-state index >= 15 is 0 Å². The highest BCUT2D eigenvalue weighted by Crippen LogP contribution is 2.34. The molecule has 0 fully saturated rings. The number of halogens is 1. The zero-order valence-electron chi connectivity index (χ0n) is 10.9. The summed E-state index contributed by atoms with van der Waals surface area (Å²) in [5.74, 6) is 0. The van der Waals surface area contributed by atoms with Gasteiger partial charge in [0.2, 0.25) is 0 Å². The van der Waals surface area contributed by atoms with Gasteiger partial charge in [-0.15, -0.1) is 0 Å². The molecule has 1 aliphatic rings. The van der Waals surface area contributed by atoms with E-state index in [2.05, 4.69) is 44.3 Å². The molecule has 1 unspecified atom stereocenters. The number of aldehydes is 1. The largest absolute Gasteiger partial charge is 0.372 e. The number of carbonyl (C=O) groups excluding carboxylic acids is 1. The molecule has 2 aromatic carbocycles. The number of anilines is 2. The second-order valence-corrected chi connectivity index (χ2v) is 5.83.